The van der Waals surface area contributed by atoms with Gasteiger partial charge in [0.15, 0.2) is 23.2 Å². The molecule has 3 aliphatic rings. The van der Waals surface area contributed by atoms with E-state index in [1.807, 2.05) is 18.0 Å². The van der Waals surface area contributed by atoms with Gasteiger partial charge < -0.3 is 35.2 Å². The number of allylic oxidation sites excluding steroid dienone is 2. The van der Waals surface area contributed by atoms with Crippen LogP contribution in [-0.4, -0.2) is 88.8 Å². The second-order valence-corrected chi connectivity index (χ2v) is 10.8. The van der Waals surface area contributed by atoms with Crippen LogP contribution < -0.4 is 20.6 Å². The Hall–Kier alpha value is -4.85. The van der Waals surface area contributed by atoms with Crippen LogP contribution in [0.5, 0.6) is 17.2 Å². The van der Waals surface area contributed by atoms with Crippen LogP contribution in [0.3, 0.4) is 0 Å². The van der Waals surface area contributed by atoms with Gasteiger partial charge in [-0.25, -0.2) is 24.0 Å². The van der Waals surface area contributed by atoms with Gasteiger partial charge in [0.2, 0.25) is 6.23 Å². The van der Waals surface area contributed by atoms with E-state index in [1.165, 1.54) is 30.1 Å². The third-order valence-corrected chi connectivity index (χ3v) is 8.00. The number of piperidine rings is 1. The van der Waals surface area contributed by atoms with Crippen molar-refractivity contribution in [1.82, 2.24) is 20.2 Å². The fraction of sp³-hybridized carbons (Fsp3) is 0.367. The molecule has 3 aliphatic heterocycles. The van der Waals surface area contributed by atoms with Crippen molar-refractivity contribution in [1.29, 1.82) is 5.41 Å². The molecule has 0 bridgehead atoms. The van der Waals surface area contributed by atoms with Crippen molar-refractivity contribution >= 4 is 17.8 Å². The molecule has 0 radical (unpaired) electrons. The maximum Gasteiger partial charge on any atom is 0.407 e. The zero-order valence-corrected chi connectivity index (χ0v) is 24.6. The number of hydrogen-bond acceptors (Lipinski definition) is 9. The van der Waals surface area contributed by atoms with E-state index in [0.717, 1.165) is 23.0 Å². The highest BCUT2D eigenvalue weighted by atomic mass is 19.1. The number of carbonyl (C=O) groups is 1. The van der Waals surface area contributed by atoms with Gasteiger partial charge in [0.25, 0.3) is 5.88 Å². The Bertz CT molecular complexity index is 1560. The number of carboxylic acid groups (broad SMARTS) is 1. The minimum atomic E-state index is -1.65. The van der Waals surface area contributed by atoms with E-state index in [-0.39, 0.29) is 59.5 Å². The summed E-state index contributed by atoms with van der Waals surface area (Å²) in [6.45, 7) is 3.18. The zero-order chi connectivity index (χ0) is 31.7. The first-order chi connectivity index (χ1) is 21.0. The topological polar surface area (TPSA) is 160 Å². The molecule has 234 valence electrons. The van der Waals surface area contributed by atoms with E-state index in [1.54, 1.807) is 25.1 Å². The molecule has 1 amide bonds. The lowest BCUT2D eigenvalue weighted by atomic mass is 9.83. The number of phenols is 1. The van der Waals surface area contributed by atoms with Crippen molar-refractivity contribution in [2.45, 2.75) is 32.0 Å². The average molecular weight is 612 g/mol. The molecule has 0 aromatic heterocycles. The molecule has 12 nitrogen and oxygen atoms in total. The summed E-state index contributed by atoms with van der Waals surface area (Å²) >= 11 is 0. The van der Waals surface area contributed by atoms with E-state index >= 15 is 8.78 Å². The highest BCUT2D eigenvalue weighted by Crippen LogP contribution is 2.43. The van der Waals surface area contributed by atoms with Crippen LogP contribution in [0.1, 0.15) is 30.9 Å². The van der Waals surface area contributed by atoms with E-state index in [4.69, 9.17) is 20.6 Å². The predicted molar refractivity (Wildman–Crippen MR) is 159 cm³/mol. The zero-order valence-electron chi connectivity index (χ0n) is 24.6. The number of likely N-dealkylation sites (tertiary alicyclic amines) is 1. The first kappa shape index (κ1) is 30.6. The van der Waals surface area contributed by atoms with E-state index < -0.39 is 35.9 Å². The molecular weight excluding hydrogens is 576 g/mol. The van der Waals surface area contributed by atoms with Gasteiger partial charge in [-0.2, -0.15) is 0 Å². The largest absolute Gasteiger partial charge is 0.504 e. The van der Waals surface area contributed by atoms with Crippen LogP contribution in [0.4, 0.5) is 13.6 Å². The van der Waals surface area contributed by atoms with E-state index in [9.17, 15) is 15.0 Å². The Morgan fingerprint density at radius 1 is 1.20 bits per heavy atom. The maximum absolute atomic E-state index is 16.5. The molecule has 0 aliphatic carbocycles. The van der Waals surface area contributed by atoms with Crippen LogP contribution >= 0.6 is 0 Å². The summed E-state index contributed by atoms with van der Waals surface area (Å²) < 4.78 is 45.1. The highest BCUT2D eigenvalue weighted by molar-refractivity contribution is 6.00. The van der Waals surface area contributed by atoms with Gasteiger partial charge in [-0.1, -0.05) is 12.1 Å². The Kier molecular flexibility index (Phi) is 8.63. The second kappa shape index (κ2) is 12.4. The average Bonchev–Trinajstić information content (AvgIpc) is 3.42. The second-order valence-electron chi connectivity index (χ2n) is 10.8. The van der Waals surface area contributed by atoms with Gasteiger partial charge in [0.05, 0.1) is 6.54 Å². The number of likely N-dealkylation sites (N-methyl/N-ethyl adjacent to an activating group) is 1. The van der Waals surface area contributed by atoms with Crippen molar-refractivity contribution in [3.05, 3.63) is 76.7 Å². The molecule has 2 aromatic rings. The molecule has 3 heterocycles. The quantitative estimate of drug-likeness (QED) is 0.221. The number of halogens is 2. The number of nitrogen functional groups attached to an aromatic ring is 1. The van der Waals surface area contributed by atoms with Crippen molar-refractivity contribution in [3.63, 3.8) is 0 Å². The molecular formula is C30H35F2N7O5. The SMILES string of the molecule is CNN1C(Oc2cccc(C3=NCCN3C)c2)=C(F)C(C2CCN(C(=O)O)C(C)C2)=C(F)C1Oc1cc(C(=N)N)ccc1O. The monoisotopic (exact) mass is 611 g/mol. The Labute approximate surface area is 253 Å². The molecule has 44 heavy (non-hydrogen) atoms. The highest BCUT2D eigenvalue weighted by Gasteiger charge is 2.44. The maximum atomic E-state index is 16.5. The number of hydrazine groups is 1. The first-order valence-corrected chi connectivity index (χ1v) is 14.1. The van der Waals surface area contributed by atoms with Crippen LogP contribution in [-0.2, 0) is 0 Å². The molecule has 0 saturated carbocycles. The predicted octanol–water partition coefficient (Wildman–Crippen LogP) is 3.74. The van der Waals surface area contributed by atoms with Crippen LogP contribution in [0.15, 0.2) is 70.6 Å². The third kappa shape index (κ3) is 5.84. The van der Waals surface area contributed by atoms with E-state index in [0.29, 0.717) is 6.54 Å². The Morgan fingerprint density at radius 3 is 2.61 bits per heavy atom. The first-order valence-electron chi connectivity index (χ1n) is 14.1. The summed E-state index contributed by atoms with van der Waals surface area (Å²) in [4.78, 5) is 19.4. The van der Waals surface area contributed by atoms with Gasteiger partial charge >= 0.3 is 6.09 Å². The molecule has 3 unspecified atom stereocenters. The lowest BCUT2D eigenvalue weighted by molar-refractivity contribution is -0.0112. The fourth-order valence-electron chi connectivity index (χ4n) is 5.74. The number of nitrogens with two attached hydrogens (primary N) is 1. The standard InChI is InChI=1S/C30H35F2N7O5/c1-16-13-17(9-11-38(16)30(41)42)23-24(31)28(43-20-6-4-5-19(14-20)27-36-10-12-37(27)3)39(35-2)29(25(23)32)44-22-15-18(26(33)34)7-8-21(22)40/h4-8,14-17,29,35,40H,9-13H2,1-3H3,(H3,33,34)(H,41,42). The van der Waals surface area contributed by atoms with Crippen LogP contribution in [0.25, 0.3) is 0 Å². The number of rotatable bonds is 8. The van der Waals surface area contributed by atoms with Gasteiger partial charge in [-0.05, 0) is 56.0 Å². The summed E-state index contributed by atoms with van der Waals surface area (Å²) in [5.41, 5.74) is 9.02. The number of nitrogens with zero attached hydrogens (tertiary/aromatic N) is 4. The number of amidine groups is 2. The van der Waals surface area contributed by atoms with Gasteiger partial charge in [0.1, 0.15) is 17.4 Å². The Morgan fingerprint density at radius 2 is 1.98 bits per heavy atom. The molecule has 3 atom stereocenters. The third-order valence-electron chi connectivity index (χ3n) is 8.00. The minimum Gasteiger partial charge on any atom is -0.504 e. The van der Waals surface area contributed by atoms with Crippen LogP contribution in [0.2, 0.25) is 0 Å². The number of nitrogens with one attached hydrogen (secondary N) is 2. The molecule has 2 aromatic carbocycles. The number of benzene rings is 2. The van der Waals surface area contributed by atoms with E-state index in [2.05, 4.69) is 10.4 Å². The number of amides is 1. The number of phenolic OH excluding ortho intramolecular Hbond substituents is 1. The molecule has 5 rings (SSSR count). The molecule has 6 N–H and O–H groups in total. The molecule has 0 spiro atoms. The molecule has 1 fully saturated rings. The van der Waals surface area contributed by atoms with Gasteiger partial charge in [-0.15, -0.1) is 0 Å². The minimum absolute atomic E-state index is 0.0851. The summed E-state index contributed by atoms with van der Waals surface area (Å²) in [5.74, 6) is -2.87. The molecule has 14 heteroatoms. The number of aliphatic imine (C=N–C) groups is 1. The lowest BCUT2D eigenvalue weighted by Gasteiger charge is -2.41. The van der Waals surface area contributed by atoms with Gasteiger partial charge in [0, 0.05) is 49.9 Å². The summed E-state index contributed by atoms with van der Waals surface area (Å²) in [7, 11) is 3.35. The summed E-state index contributed by atoms with van der Waals surface area (Å²) in [6.07, 6.45) is -2.43. The lowest BCUT2D eigenvalue weighted by Crippen LogP contribution is -2.51. The summed E-state index contributed by atoms with van der Waals surface area (Å²) in [6, 6.07) is 10.4. The van der Waals surface area contributed by atoms with Crippen LogP contribution in [0, 0.1) is 11.3 Å². The number of hydrogen-bond donors (Lipinski definition) is 5. The normalized spacial score (nSPS) is 22.3. The van der Waals surface area contributed by atoms with Crippen molar-refractivity contribution in [2.24, 2.45) is 16.6 Å². The number of ether oxygens (including phenoxy) is 2. The van der Waals surface area contributed by atoms with Crippen molar-refractivity contribution in [3.8, 4) is 17.2 Å². The van der Waals surface area contributed by atoms with Gasteiger partial charge in [-0.3, -0.25) is 10.4 Å². The fourth-order valence-corrected chi connectivity index (χ4v) is 5.74. The number of aromatic hydroxyl groups is 1. The summed E-state index contributed by atoms with van der Waals surface area (Å²) in [5, 5.41) is 28.8. The van der Waals surface area contributed by atoms with Crippen molar-refractivity contribution in [2.75, 3.05) is 33.7 Å². The Balaban J connectivity index is 1.57. The smallest absolute Gasteiger partial charge is 0.407 e. The molecule has 1 saturated heterocycles. The van der Waals surface area contributed by atoms with Crippen molar-refractivity contribution < 1.29 is 33.3 Å².